The second-order valence-electron chi connectivity index (χ2n) is 13.7. The Morgan fingerprint density at radius 2 is 1.57 bits per heavy atom. The van der Waals surface area contributed by atoms with Gasteiger partial charge in [-0.15, -0.1) is 0 Å². The maximum absolute atomic E-state index is 14.1. The third-order valence-electron chi connectivity index (χ3n) is 8.60. The molecule has 4 N–H and O–H groups in total. The second-order valence-corrected chi connectivity index (χ2v) is 13.7. The molecule has 0 spiro atoms. The van der Waals surface area contributed by atoms with Gasteiger partial charge in [0.05, 0.1) is 26.2 Å². The zero-order chi connectivity index (χ0) is 43.9. The summed E-state index contributed by atoms with van der Waals surface area (Å²) < 4.78 is 36.1. The number of carbonyl (C=O) groups is 6. The number of hydrogen-bond acceptors (Lipinski definition) is 15. The zero-order valence-corrected chi connectivity index (χ0v) is 34.2. The van der Waals surface area contributed by atoms with Crippen LogP contribution in [0.4, 0.5) is 10.5 Å². The monoisotopic (exact) mass is 831 g/mol. The summed E-state index contributed by atoms with van der Waals surface area (Å²) in [5, 5.41) is 16.2. The van der Waals surface area contributed by atoms with E-state index in [4.69, 9.17) is 38.6 Å². The van der Waals surface area contributed by atoms with Gasteiger partial charge in [-0.3, -0.25) is 25.1 Å². The summed E-state index contributed by atoms with van der Waals surface area (Å²) in [4.78, 5) is 81.8. The van der Waals surface area contributed by atoms with E-state index in [1.165, 1.54) is 82.7 Å². The molecule has 1 aliphatic rings. The second kappa shape index (κ2) is 21.9. The summed E-state index contributed by atoms with van der Waals surface area (Å²) >= 11 is 0. The first-order chi connectivity index (χ1) is 28.6. The molecule has 4 rings (SSSR count). The summed E-state index contributed by atoms with van der Waals surface area (Å²) in [6.07, 6.45) is -0.166. The van der Waals surface area contributed by atoms with Crippen molar-refractivity contribution in [2.75, 3.05) is 45.9 Å². The Kier molecular flexibility index (Phi) is 16.8. The average Bonchev–Trinajstić information content (AvgIpc) is 4.05. The number of amidine groups is 1. The van der Waals surface area contributed by atoms with Crippen LogP contribution in [0.3, 0.4) is 0 Å². The first-order valence-corrected chi connectivity index (χ1v) is 18.9. The van der Waals surface area contributed by atoms with Gasteiger partial charge in [0.2, 0.25) is 12.6 Å². The van der Waals surface area contributed by atoms with E-state index in [9.17, 15) is 28.8 Å². The standard InChI is InChI=1S/C42H49N5O13/c1-8-27-19-32(38(49)45-29-13-11-28(12-14-29)37(43)47-42(53)60-24(4)57-35(48)22-56-18-17-54-6)31(20-34(27)55-7)30-15-16-33(39(50)44-21-26-9-10-26)46-36(30)41(52)59-25(5)58-40(51)23(2)3/h8,11-16,19-20,23-26H,1,9-10,17-18,21-22H2,2-7H3,(H,44,50)(H,45,49)(H2,43,47,53). The maximum Gasteiger partial charge on any atom is 0.415 e. The van der Waals surface area contributed by atoms with Crippen LogP contribution in [0, 0.1) is 17.2 Å². The average molecular weight is 832 g/mol. The Bertz CT molecular complexity index is 2080. The lowest BCUT2D eigenvalue weighted by Gasteiger charge is -2.19. The molecule has 0 aliphatic heterocycles. The number of hydrogen-bond donors (Lipinski definition) is 4. The van der Waals surface area contributed by atoms with Crippen molar-refractivity contribution in [2.24, 2.45) is 11.8 Å². The maximum atomic E-state index is 14.1. The highest BCUT2D eigenvalue weighted by atomic mass is 16.7. The van der Waals surface area contributed by atoms with Gasteiger partial charge < -0.3 is 43.8 Å². The van der Waals surface area contributed by atoms with Crippen LogP contribution in [0.2, 0.25) is 0 Å². The van der Waals surface area contributed by atoms with Gasteiger partial charge in [0.15, 0.2) is 5.69 Å². The molecule has 1 aliphatic carbocycles. The van der Waals surface area contributed by atoms with Gasteiger partial charge in [0.25, 0.3) is 11.8 Å². The molecule has 18 heteroatoms. The molecule has 18 nitrogen and oxygen atoms in total. The number of aromatic nitrogens is 1. The van der Waals surface area contributed by atoms with E-state index in [0.717, 1.165) is 12.8 Å². The lowest BCUT2D eigenvalue weighted by molar-refractivity contribution is -0.171. The van der Waals surface area contributed by atoms with Gasteiger partial charge in [0.1, 0.15) is 23.9 Å². The number of nitrogens with one attached hydrogen (secondary N) is 4. The number of ether oxygens (including phenoxy) is 7. The Labute approximate surface area is 346 Å². The van der Waals surface area contributed by atoms with Crippen LogP contribution >= 0.6 is 0 Å². The largest absolute Gasteiger partial charge is 0.496 e. The molecule has 60 heavy (non-hydrogen) atoms. The van der Waals surface area contributed by atoms with E-state index >= 15 is 0 Å². The fraction of sp³-hybridized carbons (Fsp3) is 0.381. The topological polar surface area (TPSA) is 240 Å². The Hall–Kier alpha value is -6.66. The molecule has 0 radical (unpaired) electrons. The summed E-state index contributed by atoms with van der Waals surface area (Å²) in [7, 11) is 2.90. The van der Waals surface area contributed by atoms with Gasteiger partial charge in [-0.25, -0.2) is 19.4 Å². The number of alkyl carbamates (subject to hydrolysis) is 1. The summed E-state index contributed by atoms with van der Waals surface area (Å²) in [6.45, 7) is 10.3. The number of esters is 3. The van der Waals surface area contributed by atoms with Gasteiger partial charge >= 0.3 is 24.0 Å². The molecule has 2 unspecified atom stereocenters. The summed E-state index contributed by atoms with van der Waals surface area (Å²) in [5.41, 5.74) is 0.869. The highest BCUT2D eigenvalue weighted by Gasteiger charge is 2.28. The number of pyridine rings is 1. The summed E-state index contributed by atoms with van der Waals surface area (Å²) in [5.74, 6) is -3.72. The number of carbonyl (C=O) groups excluding carboxylic acids is 6. The lowest BCUT2D eigenvalue weighted by Crippen LogP contribution is -2.35. The van der Waals surface area contributed by atoms with Crippen LogP contribution in [0.15, 0.2) is 55.1 Å². The van der Waals surface area contributed by atoms with Crippen LogP contribution in [-0.4, -0.2) is 99.8 Å². The molecule has 3 aromatic rings. The highest BCUT2D eigenvalue weighted by molar-refractivity contribution is 6.11. The predicted octanol–water partition coefficient (Wildman–Crippen LogP) is 5.10. The third kappa shape index (κ3) is 13.5. The molecule has 1 saturated carbocycles. The van der Waals surface area contributed by atoms with Crippen molar-refractivity contribution < 1.29 is 61.9 Å². The van der Waals surface area contributed by atoms with Crippen molar-refractivity contribution in [2.45, 2.75) is 53.1 Å². The molecule has 1 heterocycles. The van der Waals surface area contributed by atoms with Crippen molar-refractivity contribution >= 4 is 53.4 Å². The predicted molar refractivity (Wildman–Crippen MR) is 216 cm³/mol. The Morgan fingerprint density at radius 1 is 0.867 bits per heavy atom. The van der Waals surface area contributed by atoms with Crippen LogP contribution < -0.4 is 20.7 Å². The molecule has 3 amide bonds. The van der Waals surface area contributed by atoms with E-state index in [-0.39, 0.29) is 65.0 Å². The number of anilines is 1. The smallest absolute Gasteiger partial charge is 0.415 e. The quantitative estimate of drug-likeness (QED) is 0.0381. The van der Waals surface area contributed by atoms with Crippen LogP contribution in [-0.2, 0) is 38.0 Å². The molecule has 2 atom stereocenters. The summed E-state index contributed by atoms with van der Waals surface area (Å²) in [6, 6.07) is 11.8. The Morgan fingerprint density at radius 3 is 2.20 bits per heavy atom. The SMILES string of the molecule is C=Cc1cc(C(=O)Nc2ccc(C(=N)NC(=O)OC(C)OC(=O)COCCOC)cc2)c(-c2ccc(C(=O)NCC3CC3)nc2C(=O)OC(C)OC(=O)C(C)C)cc1OC. The van der Waals surface area contributed by atoms with Gasteiger partial charge in [-0.2, -0.15) is 0 Å². The first kappa shape index (κ1) is 46.0. The zero-order valence-electron chi connectivity index (χ0n) is 34.2. The van der Waals surface area contributed by atoms with Crippen LogP contribution in [0.1, 0.15) is 83.0 Å². The molecule has 2 aromatic carbocycles. The minimum absolute atomic E-state index is 0.0457. The van der Waals surface area contributed by atoms with E-state index in [1.807, 2.05) is 0 Å². The molecular weight excluding hydrogens is 782 g/mol. The van der Waals surface area contributed by atoms with E-state index in [0.29, 0.717) is 23.8 Å². The molecule has 1 fully saturated rings. The third-order valence-corrected chi connectivity index (χ3v) is 8.60. The van der Waals surface area contributed by atoms with Crippen molar-refractivity contribution in [3.05, 3.63) is 83.2 Å². The molecule has 0 bridgehead atoms. The minimum Gasteiger partial charge on any atom is -0.496 e. The normalized spacial score (nSPS) is 12.9. The van der Waals surface area contributed by atoms with Crippen LogP contribution in [0.25, 0.3) is 17.2 Å². The highest BCUT2D eigenvalue weighted by Crippen LogP contribution is 2.35. The molecule has 1 aromatic heterocycles. The van der Waals surface area contributed by atoms with E-state index < -0.39 is 54.3 Å². The fourth-order valence-corrected chi connectivity index (χ4v) is 5.30. The number of methoxy groups -OCH3 is 2. The number of amides is 3. The van der Waals surface area contributed by atoms with Crippen molar-refractivity contribution in [1.29, 1.82) is 5.41 Å². The Balaban J connectivity index is 1.56. The minimum atomic E-state index is -1.31. The first-order valence-electron chi connectivity index (χ1n) is 18.9. The lowest BCUT2D eigenvalue weighted by atomic mass is 9.94. The van der Waals surface area contributed by atoms with Crippen molar-refractivity contribution in [3.8, 4) is 16.9 Å². The van der Waals surface area contributed by atoms with Crippen molar-refractivity contribution in [1.82, 2.24) is 15.6 Å². The van der Waals surface area contributed by atoms with Gasteiger partial charge in [0, 0.05) is 61.0 Å². The number of benzene rings is 2. The number of nitrogens with zero attached hydrogens (tertiary/aromatic N) is 1. The van der Waals surface area contributed by atoms with E-state index in [2.05, 4.69) is 27.5 Å². The molecule has 0 saturated heterocycles. The number of rotatable bonds is 20. The van der Waals surface area contributed by atoms with Gasteiger partial charge in [-0.05, 0) is 67.3 Å². The van der Waals surface area contributed by atoms with E-state index in [1.54, 1.807) is 13.8 Å². The molecule has 320 valence electrons. The van der Waals surface area contributed by atoms with Crippen LogP contribution in [0.5, 0.6) is 5.75 Å². The van der Waals surface area contributed by atoms with Gasteiger partial charge in [-0.1, -0.05) is 26.5 Å². The fourth-order valence-electron chi connectivity index (χ4n) is 5.30. The molecular formula is C42H49N5O13. The van der Waals surface area contributed by atoms with Crippen molar-refractivity contribution in [3.63, 3.8) is 0 Å².